The molecule has 3 atom stereocenters. The maximum absolute atomic E-state index is 13.8. The highest BCUT2D eigenvalue weighted by molar-refractivity contribution is 5.90. The summed E-state index contributed by atoms with van der Waals surface area (Å²) < 4.78 is 18.5. The number of urea groups is 1. The van der Waals surface area contributed by atoms with Crippen molar-refractivity contribution in [3.63, 3.8) is 0 Å². The zero-order valence-corrected chi connectivity index (χ0v) is 12.5. The van der Waals surface area contributed by atoms with Crippen LogP contribution < -0.4 is 5.73 Å². The molecular formula is C13H18FN3O5. The first-order valence-corrected chi connectivity index (χ1v) is 6.81. The number of carbonyl (C=O) groups is 3. The predicted molar refractivity (Wildman–Crippen MR) is 71.7 cm³/mol. The Morgan fingerprint density at radius 2 is 2.09 bits per heavy atom. The molecule has 0 spiro atoms. The Bertz CT molecular complexity index is 536. The molecule has 8 nitrogen and oxygen atoms in total. The van der Waals surface area contributed by atoms with Gasteiger partial charge in [0.05, 0.1) is 12.6 Å². The molecule has 1 fully saturated rings. The van der Waals surface area contributed by atoms with Gasteiger partial charge in [-0.2, -0.15) is 5.06 Å². The fourth-order valence-electron chi connectivity index (χ4n) is 2.39. The Hall–Kier alpha value is -2.16. The number of hydrogen-bond donors (Lipinski definition) is 1. The van der Waals surface area contributed by atoms with Crippen molar-refractivity contribution in [2.45, 2.75) is 45.3 Å². The third-order valence-electron chi connectivity index (χ3n) is 3.40. The standard InChI is InChI=1S/C13H18FN3O5/c1-6(2)21-12(19)10(14)22-17-9-5-16(13(17)20)8(11(15)18)4-7(9)3/h4,6,8-10H,5H2,1-3H3,(H2,15,18)/t8-,9+,10+/m1/s1. The molecule has 2 bridgehead atoms. The maximum Gasteiger partial charge on any atom is 0.371 e. The lowest BCUT2D eigenvalue weighted by atomic mass is 10.0. The second-order valence-electron chi connectivity index (χ2n) is 5.44. The van der Waals surface area contributed by atoms with Gasteiger partial charge >= 0.3 is 18.4 Å². The number of hydrogen-bond acceptors (Lipinski definition) is 5. The van der Waals surface area contributed by atoms with E-state index < -0.39 is 42.5 Å². The molecule has 0 saturated carbocycles. The van der Waals surface area contributed by atoms with Crippen LogP contribution in [0.3, 0.4) is 0 Å². The Kier molecular flexibility index (Phi) is 4.36. The maximum atomic E-state index is 13.8. The summed E-state index contributed by atoms with van der Waals surface area (Å²) in [5.74, 6) is -1.91. The zero-order valence-electron chi connectivity index (χ0n) is 12.5. The van der Waals surface area contributed by atoms with E-state index in [1.807, 2.05) is 0 Å². The second kappa shape index (κ2) is 5.91. The third kappa shape index (κ3) is 2.89. The number of rotatable bonds is 5. The number of nitrogens with zero attached hydrogens (tertiary/aromatic N) is 2. The van der Waals surface area contributed by atoms with Crippen molar-refractivity contribution in [2.24, 2.45) is 5.73 Å². The van der Waals surface area contributed by atoms with Crippen LogP contribution in [0.4, 0.5) is 9.18 Å². The van der Waals surface area contributed by atoms with Crippen LogP contribution in [0.5, 0.6) is 0 Å². The lowest BCUT2D eigenvalue weighted by Gasteiger charge is -2.26. The van der Waals surface area contributed by atoms with Gasteiger partial charge in [0.1, 0.15) is 12.1 Å². The van der Waals surface area contributed by atoms with Crippen LogP contribution in [0.1, 0.15) is 20.8 Å². The second-order valence-corrected chi connectivity index (χ2v) is 5.44. The number of alkyl halides is 1. The van der Waals surface area contributed by atoms with Crippen LogP contribution in [0.2, 0.25) is 0 Å². The third-order valence-corrected chi connectivity index (χ3v) is 3.40. The van der Waals surface area contributed by atoms with E-state index in [0.717, 1.165) is 5.06 Å². The molecule has 22 heavy (non-hydrogen) atoms. The molecule has 1 saturated heterocycles. The fraction of sp³-hybridized carbons (Fsp3) is 0.615. The molecule has 0 aromatic carbocycles. The van der Waals surface area contributed by atoms with E-state index in [0.29, 0.717) is 5.57 Å². The SMILES string of the molecule is CC1=C[C@H](C(N)=O)N2C[C@@H]1N(O[C@H](F)C(=O)OC(C)C)C2=O. The van der Waals surface area contributed by atoms with Gasteiger partial charge in [-0.25, -0.2) is 18.8 Å². The Labute approximate surface area is 126 Å². The minimum absolute atomic E-state index is 0.140. The van der Waals surface area contributed by atoms with Crippen LogP contribution in [-0.4, -0.2) is 59.0 Å². The molecule has 0 aliphatic carbocycles. The van der Waals surface area contributed by atoms with E-state index in [4.69, 9.17) is 10.6 Å². The minimum atomic E-state index is -2.42. The molecule has 0 unspecified atom stereocenters. The lowest BCUT2D eigenvalue weighted by molar-refractivity contribution is -0.226. The van der Waals surface area contributed by atoms with Crippen LogP contribution >= 0.6 is 0 Å². The number of hydroxylamine groups is 2. The quantitative estimate of drug-likeness (QED) is 0.572. The van der Waals surface area contributed by atoms with E-state index in [9.17, 15) is 18.8 Å². The number of esters is 1. The molecule has 3 amide bonds. The van der Waals surface area contributed by atoms with E-state index in [2.05, 4.69) is 4.74 Å². The van der Waals surface area contributed by atoms with E-state index in [-0.39, 0.29) is 6.54 Å². The smallest absolute Gasteiger partial charge is 0.371 e. The van der Waals surface area contributed by atoms with Crippen LogP contribution in [0.15, 0.2) is 11.6 Å². The van der Waals surface area contributed by atoms with Gasteiger partial charge in [-0.1, -0.05) is 6.08 Å². The lowest BCUT2D eigenvalue weighted by Crippen LogP contribution is -2.46. The molecule has 9 heteroatoms. The molecule has 2 aliphatic rings. The predicted octanol–water partition coefficient (Wildman–Crippen LogP) is 0.0852. The average Bonchev–Trinajstić information content (AvgIpc) is 2.68. The van der Waals surface area contributed by atoms with Crippen molar-refractivity contribution >= 4 is 17.9 Å². The molecule has 2 N–H and O–H groups in total. The van der Waals surface area contributed by atoms with E-state index in [1.54, 1.807) is 20.8 Å². The summed E-state index contributed by atoms with van der Waals surface area (Å²) in [6.45, 7) is 4.94. The van der Waals surface area contributed by atoms with Crippen molar-refractivity contribution < 1.29 is 28.3 Å². The number of carbonyl (C=O) groups excluding carboxylic acids is 3. The Balaban J connectivity index is 2.11. The van der Waals surface area contributed by atoms with E-state index in [1.165, 1.54) is 11.0 Å². The van der Waals surface area contributed by atoms with Gasteiger partial charge in [0.2, 0.25) is 5.91 Å². The largest absolute Gasteiger partial charge is 0.459 e. The number of nitrogens with two attached hydrogens (primary N) is 1. The number of amides is 3. The van der Waals surface area contributed by atoms with Crippen molar-refractivity contribution in [1.82, 2.24) is 9.96 Å². The van der Waals surface area contributed by atoms with Gasteiger partial charge < -0.3 is 15.4 Å². The summed E-state index contributed by atoms with van der Waals surface area (Å²) in [4.78, 5) is 41.0. The van der Waals surface area contributed by atoms with Crippen LogP contribution in [0.25, 0.3) is 0 Å². The first kappa shape index (κ1) is 16.2. The Morgan fingerprint density at radius 3 is 2.64 bits per heavy atom. The minimum Gasteiger partial charge on any atom is -0.459 e. The topological polar surface area (TPSA) is 102 Å². The number of halogens is 1. The Morgan fingerprint density at radius 1 is 1.45 bits per heavy atom. The van der Waals surface area contributed by atoms with Gasteiger partial charge in [0, 0.05) is 0 Å². The first-order valence-electron chi connectivity index (χ1n) is 6.81. The monoisotopic (exact) mass is 315 g/mol. The van der Waals surface area contributed by atoms with Crippen molar-refractivity contribution in [1.29, 1.82) is 0 Å². The molecule has 0 radical (unpaired) electrons. The summed E-state index contributed by atoms with van der Waals surface area (Å²) in [5, 5.41) is 0.751. The van der Waals surface area contributed by atoms with Gasteiger partial charge in [-0.15, -0.1) is 0 Å². The summed E-state index contributed by atoms with van der Waals surface area (Å²) in [5.41, 5.74) is 5.88. The van der Waals surface area contributed by atoms with Crippen LogP contribution in [0, 0.1) is 0 Å². The fourth-order valence-corrected chi connectivity index (χ4v) is 2.39. The first-order chi connectivity index (χ1) is 10.2. The summed E-state index contributed by atoms with van der Waals surface area (Å²) in [6, 6.07) is -2.20. The normalized spacial score (nSPS) is 25.3. The van der Waals surface area contributed by atoms with Crippen molar-refractivity contribution in [2.75, 3.05) is 6.54 Å². The van der Waals surface area contributed by atoms with Gasteiger partial charge in [0.25, 0.3) is 0 Å². The van der Waals surface area contributed by atoms with Crippen molar-refractivity contribution in [3.05, 3.63) is 11.6 Å². The van der Waals surface area contributed by atoms with E-state index >= 15 is 0 Å². The molecule has 2 heterocycles. The summed E-state index contributed by atoms with van der Waals surface area (Å²) in [7, 11) is 0. The highest BCUT2D eigenvalue weighted by Crippen LogP contribution is 2.30. The highest BCUT2D eigenvalue weighted by Gasteiger charge is 2.48. The molecule has 0 aromatic rings. The van der Waals surface area contributed by atoms with Crippen LogP contribution in [-0.2, 0) is 19.2 Å². The molecular weight excluding hydrogens is 297 g/mol. The summed E-state index contributed by atoms with van der Waals surface area (Å²) >= 11 is 0. The number of primary amides is 1. The van der Waals surface area contributed by atoms with Gasteiger partial charge in [-0.3, -0.25) is 4.79 Å². The van der Waals surface area contributed by atoms with Gasteiger partial charge in [0.15, 0.2) is 0 Å². The summed E-state index contributed by atoms with van der Waals surface area (Å²) in [6.07, 6.45) is -1.41. The molecule has 0 aromatic heterocycles. The molecule has 2 aliphatic heterocycles. The molecule has 2 rings (SSSR count). The van der Waals surface area contributed by atoms with Crippen molar-refractivity contribution in [3.8, 4) is 0 Å². The molecule has 122 valence electrons. The zero-order chi connectivity index (χ0) is 16.6. The average molecular weight is 315 g/mol. The number of ether oxygens (including phenoxy) is 1. The highest BCUT2D eigenvalue weighted by atomic mass is 19.1. The van der Waals surface area contributed by atoms with Gasteiger partial charge in [-0.05, 0) is 26.3 Å². The number of fused-ring (bicyclic) bond motifs is 2.